The molecule has 0 aliphatic heterocycles. The van der Waals surface area contributed by atoms with Crippen molar-refractivity contribution in [2.45, 2.75) is 58.1 Å². The maximum atomic E-state index is 6.17. The van der Waals surface area contributed by atoms with E-state index in [2.05, 4.69) is 44.2 Å². The number of benzene rings is 1. The minimum atomic E-state index is 0.227. The van der Waals surface area contributed by atoms with Crippen LogP contribution in [0, 0.1) is 5.41 Å². The molecule has 19 heavy (non-hydrogen) atoms. The Balaban J connectivity index is 1.70. The van der Waals surface area contributed by atoms with Crippen molar-refractivity contribution in [3.8, 4) is 0 Å². The first-order valence-corrected chi connectivity index (χ1v) is 7.48. The molecule has 1 aliphatic rings. The van der Waals surface area contributed by atoms with Crippen LogP contribution < -0.4 is 5.73 Å². The van der Waals surface area contributed by atoms with E-state index in [1.54, 1.807) is 0 Å². The normalized spacial score (nSPS) is 26.3. The lowest BCUT2D eigenvalue weighted by atomic mass is 9.74. The van der Waals surface area contributed by atoms with Crippen molar-refractivity contribution in [1.82, 2.24) is 0 Å². The zero-order chi connectivity index (χ0) is 13.7. The van der Waals surface area contributed by atoms with Crippen molar-refractivity contribution < 1.29 is 4.74 Å². The topological polar surface area (TPSA) is 35.2 Å². The lowest BCUT2D eigenvalue weighted by Crippen LogP contribution is -2.44. The van der Waals surface area contributed by atoms with Crippen molar-refractivity contribution in [3.63, 3.8) is 0 Å². The van der Waals surface area contributed by atoms with E-state index in [-0.39, 0.29) is 12.1 Å². The van der Waals surface area contributed by atoms with Crippen molar-refractivity contribution in [3.05, 3.63) is 35.9 Å². The summed E-state index contributed by atoms with van der Waals surface area (Å²) >= 11 is 0. The lowest BCUT2D eigenvalue weighted by molar-refractivity contribution is -0.0196. The van der Waals surface area contributed by atoms with Gasteiger partial charge >= 0.3 is 0 Å². The van der Waals surface area contributed by atoms with Gasteiger partial charge in [-0.05, 0) is 43.1 Å². The lowest BCUT2D eigenvalue weighted by Gasteiger charge is -2.39. The summed E-state index contributed by atoms with van der Waals surface area (Å²) in [5.41, 5.74) is 7.95. The van der Waals surface area contributed by atoms with Crippen LogP contribution in [0.15, 0.2) is 30.3 Å². The Hall–Kier alpha value is -0.860. The molecule has 1 saturated carbocycles. The predicted molar refractivity (Wildman–Crippen MR) is 80.1 cm³/mol. The van der Waals surface area contributed by atoms with E-state index in [1.807, 2.05) is 0 Å². The van der Waals surface area contributed by atoms with Gasteiger partial charge in [0.2, 0.25) is 0 Å². The Kier molecular flexibility index (Phi) is 5.00. The summed E-state index contributed by atoms with van der Waals surface area (Å²) < 4.78 is 6.03. The number of nitrogens with two attached hydrogens (primary N) is 1. The summed E-state index contributed by atoms with van der Waals surface area (Å²) in [4.78, 5) is 0. The highest BCUT2D eigenvalue weighted by atomic mass is 16.5. The van der Waals surface area contributed by atoms with Crippen LogP contribution in [-0.4, -0.2) is 18.8 Å². The van der Waals surface area contributed by atoms with Gasteiger partial charge in [0.1, 0.15) is 0 Å². The summed E-state index contributed by atoms with van der Waals surface area (Å²) in [7, 11) is 0. The monoisotopic (exact) mass is 261 g/mol. The van der Waals surface area contributed by atoms with Crippen molar-refractivity contribution in [1.29, 1.82) is 0 Å². The van der Waals surface area contributed by atoms with Crippen molar-refractivity contribution in [2.75, 3.05) is 6.61 Å². The number of aryl methyl sites for hydroxylation is 1. The quantitative estimate of drug-likeness (QED) is 0.823. The summed E-state index contributed by atoms with van der Waals surface area (Å²) in [5, 5.41) is 0. The molecule has 1 aromatic rings. The zero-order valence-corrected chi connectivity index (χ0v) is 12.3. The number of rotatable bonds is 5. The van der Waals surface area contributed by atoms with Crippen LogP contribution in [0.2, 0.25) is 0 Å². The van der Waals surface area contributed by atoms with Gasteiger partial charge < -0.3 is 10.5 Å². The second-order valence-electron chi connectivity index (χ2n) is 6.57. The Bertz CT molecular complexity index is 374. The van der Waals surface area contributed by atoms with Crippen LogP contribution in [0.25, 0.3) is 0 Å². The summed E-state index contributed by atoms with van der Waals surface area (Å²) in [6.45, 7) is 5.46. The molecular weight excluding hydrogens is 234 g/mol. The molecular formula is C17H27NO. The van der Waals surface area contributed by atoms with Crippen LogP contribution in [0.5, 0.6) is 0 Å². The average molecular weight is 261 g/mol. The van der Waals surface area contributed by atoms with Crippen LogP contribution in [0.3, 0.4) is 0 Å². The molecule has 2 heteroatoms. The van der Waals surface area contributed by atoms with Gasteiger partial charge in [-0.3, -0.25) is 0 Å². The molecule has 0 aromatic heterocycles. The SMILES string of the molecule is CC1(C)CCC(N)C(OCCCc2ccccc2)C1. The third-order valence-corrected chi connectivity index (χ3v) is 4.17. The molecule has 106 valence electrons. The molecule has 2 unspecified atom stereocenters. The molecule has 1 aliphatic carbocycles. The van der Waals surface area contributed by atoms with Gasteiger partial charge in [0.15, 0.2) is 0 Å². The first-order chi connectivity index (χ1) is 9.07. The fourth-order valence-electron chi connectivity index (χ4n) is 2.88. The first kappa shape index (κ1) is 14.5. The van der Waals surface area contributed by atoms with Crippen molar-refractivity contribution >= 4 is 0 Å². The minimum absolute atomic E-state index is 0.227. The van der Waals surface area contributed by atoms with Gasteiger partial charge in [0.05, 0.1) is 6.10 Å². The van der Waals surface area contributed by atoms with Crippen molar-refractivity contribution in [2.24, 2.45) is 11.1 Å². The highest BCUT2D eigenvalue weighted by Gasteiger charge is 2.33. The molecule has 1 aromatic carbocycles. The van der Waals surface area contributed by atoms with Gasteiger partial charge in [0.25, 0.3) is 0 Å². The zero-order valence-electron chi connectivity index (χ0n) is 12.3. The van der Waals surface area contributed by atoms with E-state index >= 15 is 0 Å². The molecule has 2 atom stereocenters. The smallest absolute Gasteiger partial charge is 0.0731 e. The van der Waals surface area contributed by atoms with E-state index in [0.717, 1.165) is 32.3 Å². The van der Waals surface area contributed by atoms with Gasteiger partial charge in [-0.25, -0.2) is 0 Å². The molecule has 0 bridgehead atoms. The van der Waals surface area contributed by atoms with E-state index in [0.29, 0.717) is 5.41 Å². The predicted octanol–water partition coefficient (Wildman–Crippen LogP) is 3.54. The molecule has 2 N–H and O–H groups in total. The molecule has 0 spiro atoms. The van der Waals surface area contributed by atoms with Crippen LogP contribution in [-0.2, 0) is 11.2 Å². The molecule has 0 heterocycles. The maximum Gasteiger partial charge on any atom is 0.0731 e. The van der Waals surface area contributed by atoms with Crippen LogP contribution in [0.1, 0.15) is 45.1 Å². The van der Waals surface area contributed by atoms with Gasteiger partial charge in [0, 0.05) is 12.6 Å². The maximum absolute atomic E-state index is 6.17. The van der Waals surface area contributed by atoms with E-state index in [1.165, 1.54) is 12.0 Å². The van der Waals surface area contributed by atoms with E-state index in [4.69, 9.17) is 10.5 Å². The van der Waals surface area contributed by atoms with Gasteiger partial charge in [-0.2, -0.15) is 0 Å². The second kappa shape index (κ2) is 6.53. The Morgan fingerprint density at radius 2 is 2.00 bits per heavy atom. The van der Waals surface area contributed by atoms with Crippen LogP contribution >= 0.6 is 0 Å². The fourth-order valence-corrected chi connectivity index (χ4v) is 2.88. The van der Waals surface area contributed by atoms with E-state index in [9.17, 15) is 0 Å². The molecule has 0 radical (unpaired) electrons. The van der Waals surface area contributed by atoms with E-state index < -0.39 is 0 Å². The summed E-state index contributed by atoms with van der Waals surface area (Å²) in [5.74, 6) is 0. The molecule has 2 rings (SSSR count). The number of hydrogen-bond donors (Lipinski definition) is 1. The highest BCUT2D eigenvalue weighted by molar-refractivity contribution is 5.14. The average Bonchev–Trinajstić information content (AvgIpc) is 2.40. The van der Waals surface area contributed by atoms with Gasteiger partial charge in [-0.15, -0.1) is 0 Å². The number of hydrogen-bond acceptors (Lipinski definition) is 2. The third-order valence-electron chi connectivity index (χ3n) is 4.17. The third kappa shape index (κ3) is 4.63. The summed E-state index contributed by atoms with van der Waals surface area (Å²) in [6, 6.07) is 10.8. The Labute approximate surface area is 117 Å². The van der Waals surface area contributed by atoms with Crippen LogP contribution in [0.4, 0.5) is 0 Å². The fraction of sp³-hybridized carbons (Fsp3) is 0.647. The molecule has 0 saturated heterocycles. The molecule has 1 fully saturated rings. The molecule has 2 nitrogen and oxygen atoms in total. The second-order valence-corrected chi connectivity index (χ2v) is 6.57. The summed E-state index contributed by atoms with van der Waals surface area (Å²) in [6.07, 6.45) is 5.83. The first-order valence-electron chi connectivity index (χ1n) is 7.48. The number of ether oxygens (including phenoxy) is 1. The Morgan fingerprint density at radius 1 is 1.26 bits per heavy atom. The highest BCUT2D eigenvalue weighted by Crippen LogP contribution is 2.36. The van der Waals surface area contributed by atoms with Gasteiger partial charge in [-0.1, -0.05) is 44.2 Å². The minimum Gasteiger partial charge on any atom is -0.377 e. The largest absolute Gasteiger partial charge is 0.377 e. The molecule has 0 amide bonds. The standard InChI is InChI=1S/C17H27NO/c1-17(2)11-10-15(18)16(13-17)19-12-6-9-14-7-4-3-5-8-14/h3-5,7-8,15-16H,6,9-13,18H2,1-2H3. The Morgan fingerprint density at radius 3 is 2.74 bits per heavy atom.